The van der Waals surface area contributed by atoms with Gasteiger partial charge in [0.1, 0.15) is 11.9 Å². The molecule has 2 aromatic carbocycles. The third-order valence-electron chi connectivity index (χ3n) is 3.45. The Morgan fingerprint density at radius 1 is 1.11 bits per heavy atom. The first-order valence-corrected chi connectivity index (χ1v) is 10.1. The molecule has 0 aliphatic heterocycles. The fourth-order valence-electron chi connectivity index (χ4n) is 2.15. The quantitative estimate of drug-likeness (QED) is 0.461. The molecular weight excluding hydrogens is 437 g/mol. The average Bonchev–Trinajstić information content (AvgIpc) is 2.60. The second-order valence-corrected chi connectivity index (χ2v) is 9.29. The van der Waals surface area contributed by atoms with E-state index >= 15 is 0 Å². The highest BCUT2D eigenvalue weighted by Gasteiger charge is 2.34. The molecule has 0 aromatic heterocycles. The smallest absolute Gasteiger partial charge is 0.256 e. The number of para-hydroxylation sites is 1. The van der Waals surface area contributed by atoms with Crippen LogP contribution in [0.1, 0.15) is 10.4 Å². The van der Waals surface area contributed by atoms with Crippen molar-refractivity contribution in [2.75, 3.05) is 12.4 Å². The van der Waals surface area contributed by atoms with E-state index in [0.717, 1.165) is 0 Å². The summed E-state index contributed by atoms with van der Waals surface area (Å²) in [6.45, 7) is 0. The number of hydrogen-bond acceptors (Lipinski definition) is 5. The van der Waals surface area contributed by atoms with Crippen molar-refractivity contribution in [2.45, 2.75) is 14.9 Å². The number of benzene rings is 2. The summed E-state index contributed by atoms with van der Waals surface area (Å²) in [5, 5.41) is 10.5. The number of carbonyl (C=O) groups excluding carboxylic acids is 1. The Morgan fingerprint density at radius 3 is 2.22 bits per heavy atom. The molecule has 0 saturated heterocycles. The highest BCUT2D eigenvalue weighted by molar-refractivity contribution is 7.89. The lowest BCUT2D eigenvalue weighted by Gasteiger charge is -2.27. The van der Waals surface area contributed by atoms with Crippen LogP contribution in [0.5, 0.6) is 5.75 Å². The number of methoxy groups -OCH3 is 1. The third kappa shape index (κ3) is 5.88. The Balaban J connectivity index is 2.22. The van der Waals surface area contributed by atoms with Crippen molar-refractivity contribution in [3.8, 4) is 5.75 Å². The maximum Gasteiger partial charge on any atom is 0.256 e. The highest BCUT2D eigenvalue weighted by atomic mass is 35.6. The van der Waals surface area contributed by atoms with Crippen molar-refractivity contribution in [3.05, 3.63) is 54.1 Å². The van der Waals surface area contributed by atoms with E-state index in [9.17, 15) is 13.2 Å². The first kappa shape index (κ1) is 21.6. The van der Waals surface area contributed by atoms with Crippen molar-refractivity contribution in [1.29, 1.82) is 0 Å². The van der Waals surface area contributed by atoms with E-state index in [1.807, 2.05) is 0 Å². The van der Waals surface area contributed by atoms with Gasteiger partial charge in [-0.1, -0.05) is 46.9 Å². The molecule has 0 bridgehead atoms. The molecule has 7 nitrogen and oxygen atoms in total. The minimum Gasteiger partial charge on any atom is -0.496 e. The normalized spacial score (nSPS) is 12.9. The van der Waals surface area contributed by atoms with Gasteiger partial charge in [-0.15, -0.1) is 0 Å². The van der Waals surface area contributed by atoms with Crippen LogP contribution in [0.15, 0.2) is 53.4 Å². The van der Waals surface area contributed by atoms with Crippen molar-refractivity contribution >= 4 is 56.4 Å². The minimum atomic E-state index is -3.83. The highest BCUT2D eigenvalue weighted by Crippen LogP contribution is 2.32. The Kier molecular flexibility index (Phi) is 6.82. The van der Waals surface area contributed by atoms with Gasteiger partial charge in [-0.05, 0) is 36.4 Å². The summed E-state index contributed by atoms with van der Waals surface area (Å²) in [4.78, 5) is 12.5. The molecule has 0 unspecified atom stereocenters. The van der Waals surface area contributed by atoms with Crippen LogP contribution in [-0.2, 0) is 10.0 Å². The van der Waals surface area contributed by atoms with E-state index in [-0.39, 0.29) is 10.5 Å². The number of alkyl halides is 3. The molecule has 0 aliphatic carbocycles. The van der Waals surface area contributed by atoms with Gasteiger partial charge >= 0.3 is 0 Å². The molecule has 4 N–H and O–H groups in total. The molecule has 0 heterocycles. The molecule has 2 rings (SSSR count). The third-order valence-corrected chi connectivity index (χ3v) is 5.03. The summed E-state index contributed by atoms with van der Waals surface area (Å²) < 4.78 is 25.9. The number of hydrogen-bond donors (Lipinski definition) is 3. The van der Waals surface area contributed by atoms with Gasteiger partial charge in [0.05, 0.1) is 17.6 Å². The molecule has 1 amide bonds. The van der Waals surface area contributed by atoms with E-state index in [1.165, 1.54) is 31.4 Å². The molecule has 0 saturated carbocycles. The lowest BCUT2D eigenvalue weighted by molar-refractivity contribution is 0.0939. The van der Waals surface area contributed by atoms with Crippen molar-refractivity contribution < 1.29 is 17.9 Å². The summed E-state index contributed by atoms with van der Waals surface area (Å²) in [7, 11) is -2.39. The van der Waals surface area contributed by atoms with Gasteiger partial charge in [0.25, 0.3) is 5.91 Å². The zero-order valence-corrected chi connectivity index (χ0v) is 17.0. The number of primary sulfonamides is 1. The minimum absolute atomic E-state index is 0.0726. The van der Waals surface area contributed by atoms with Gasteiger partial charge in [-0.3, -0.25) is 4.79 Å². The van der Waals surface area contributed by atoms with Gasteiger partial charge in [0.15, 0.2) is 0 Å². The molecule has 27 heavy (non-hydrogen) atoms. The van der Waals surface area contributed by atoms with Crippen LogP contribution >= 0.6 is 34.8 Å². The predicted octanol–water partition coefficient (Wildman–Crippen LogP) is 2.88. The molecule has 0 radical (unpaired) electrons. The molecule has 11 heteroatoms. The summed E-state index contributed by atoms with van der Waals surface area (Å²) in [6, 6.07) is 12.0. The maximum atomic E-state index is 12.6. The number of halogens is 3. The van der Waals surface area contributed by atoms with Crippen molar-refractivity contribution in [2.24, 2.45) is 5.14 Å². The largest absolute Gasteiger partial charge is 0.496 e. The number of nitrogens with two attached hydrogens (primary N) is 1. The monoisotopic (exact) mass is 451 g/mol. The van der Waals surface area contributed by atoms with Gasteiger partial charge in [0, 0.05) is 5.69 Å². The van der Waals surface area contributed by atoms with Gasteiger partial charge in [0.2, 0.25) is 13.8 Å². The Bertz CT molecular complexity index is 915. The number of anilines is 1. The number of ether oxygens (including phenoxy) is 1. The number of rotatable bonds is 6. The van der Waals surface area contributed by atoms with Gasteiger partial charge < -0.3 is 15.4 Å². The fraction of sp³-hybridized carbons (Fsp3) is 0.188. The second-order valence-electron chi connectivity index (χ2n) is 5.36. The molecular formula is C16H16Cl3N3O4S. The Morgan fingerprint density at radius 2 is 1.70 bits per heavy atom. The number of nitrogens with one attached hydrogen (secondary N) is 2. The van der Waals surface area contributed by atoms with Crippen LogP contribution < -0.4 is 20.5 Å². The first-order chi connectivity index (χ1) is 12.5. The SMILES string of the molecule is COc1ccccc1C(=O)N[C@@H](Nc1ccc(S(N)(=O)=O)cc1)C(Cl)(Cl)Cl. The van der Waals surface area contributed by atoms with Crippen molar-refractivity contribution in [1.82, 2.24) is 5.32 Å². The number of sulfonamides is 1. The zero-order chi connectivity index (χ0) is 20.2. The molecule has 0 aliphatic rings. The fourth-order valence-corrected chi connectivity index (χ4v) is 2.99. The van der Waals surface area contributed by atoms with Crippen LogP contribution in [0.4, 0.5) is 5.69 Å². The van der Waals surface area contributed by atoms with Crippen LogP contribution in [0.3, 0.4) is 0 Å². The summed E-state index contributed by atoms with van der Waals surface area (Å²) in [5.74, 6) is -0.173. The average molecular weight is 453 g/mol. The molecule has 0 spiro atoms. The Hall–Kier alpha value is -1.71. The first-order valence-electron chi connectivity index (χ1n) is 7.42. The summed E-state index contributed by atoms with van der Waals surface area (Å²) in [6.07, 6.45) is -1.12. The van der Waals surface area contributed by atoms with Crippen LogP contribution in [0.2, 0.25) is 0 Å². The zero-order valence-electron chi connectivity index (χ0n) is 13.9. The van der Waals surface area contributed by atoms with Gasteiger partial charge in [-0.2, -0.15) is 0 Å². The summed E-state index contributed by atoms with van der Waals surface area (Å²) in [5.41, 5.74) is 0.657. The lowest BCUT2D eigenvalue weighted by atomic mass is 10.2. The predicted molar refractivity (Wildman–Crippen MR) is 106 cm³/mol. The summed E-state index contributed by atoms with van der Waals surface area (Å²) >= 11 is 17.9. The second kappa shape index (κ2) is 8.53. The number of carbonyl (C=O) groups is 1. The molecule has 0 fully saturated rings. The van der Waals surface area contributed by atoms with Crippen LogP contribution in [0, 0.1) is 0 Å². The molecule has 146 valence electrons. The van der Waals surface area contributed by atoms with Crippen LogP contribution in [-0.4, -0.2) is 31.4 Å². The topological polar surface area (TPSA) is 111 Å². The molecule has 2 aromatic rings. The lowest BCUT2D eigenvalue weighted by Crippen LogP contribution is -2.49. The number of amides is 1. The van der Waals surface area contributed by atoms with E-state index < -0.39 is 25.9 Å². The van der Waals surface area contributed by atoms with E-state index in [2.05, 4.69) is 10.6 Å². The maximum absolute atomic E-state index is 12.6. The van der Waals surface area contributed by atoms with Gasteiger partial charge in [-0.25, -0.2) is 13.6 Å². The van der Waals surface area contributed by atoms with Crippen LogP contribution in [0.25, 0.3) is 0 Å². The Labute approximate surface area is 171 Å². The molecule has 1 atom stereocenters. The van der Waals surface area contributed by atoms with E-state index in [1.54, 1.807) is 24.3 Å². The van der Waals surface area contributed by atoms with E-state index in [0.29, 0.717) is 11.4 Å². The van der Waals surface area contributed by atoms with E-state index in [4.69, 9.17) is 44.7 Å². The van der Waals surface area contributed by atoms with Crippen molar-refractivity contribution in [3.63, 3.8) is 0 Å². The standard InChI is InChI=1S/C16H16Cl3N3O4S/c1-26-13-5-3-2-4-12(13)14(23)22-15(16(17,18)19)21-10-6-8-11(9-7-10)27(20,24)25/h2-9,15,21H,1H3,(H,22,23)(H2,20,24,25)/t15-/m1/s1.